The minimum atomic E-state index is -0.589. The van der Waals surface area contributed by atoms with Gasteiger partial charge in [-0.2, -0.15) is 10.2 Å². The predicted octanol–water partition coefficient (Wildman–Crippen LogP) is 4.00. The number of anilines is 3. The molecule has 4 rings (SSSR count). The second-order valence-electron chi connectivity index (χ2n) is 9.81. The van der Waals surface area contributed by atoms with Crippen LogP contribution in [0.3, 0.4) is 0 Å². The highest BCUT2D eigenvalue weighted by Crippen LogP contribution is 2.31. The summed E-state index contributed by atoms with van der Waals surface area (Å²) >= 11 is 0. The molecule has 1 aliphatic carbocycles. The van der Waals surface area contributed by atoms with Gasteiger partial charge < -0.3 is 30.2 Å². The van der Waals surface area contributed by atoms with Crippen LogP contribution in [0, 0.1) is 11.3 Å². The smallest absolute Gasteiger partial charge is 0.407 e. The first-order valence-corrected chi connectivity index (χ1v) is 12.1. The number of hydrogen-bond acceptors (Lipinski definition) is 10. The van der Waals surface area contributed by atoms with E-state index in [4.69, 9.17) is 19.2 Å². The number of nitrogens with zero attached hydrogens (tertiary/aromatic N) is 5. The molecule has 12 nitrogen and oxygen atoms in total. The highest BCUT2D eigenvalue weighted by Gasteiger charge is 2.30. The Hall–Kier alpha value is -4.27. The van der Waals surface area contributed by atoms with E-state index < -0.39 is 11.7 Å². The lowest BCUT2D eigenvalue weighted by atomic mass is 9.90. The quantitative estimate of drug-likeness (QED) is 0.427. The van der Waals surface area contributed by atoms with Crippen molar-refractivity contribution < 1.29 is 19.0 Å². The van der Waals surface area contributed by atoms with E-state index in [1.54, 1.807) is 36.8 Å². The number of nitriles is 1. The number of rotatable bonds is 7. The molecule has 1 saturated carbocycles. The molecule has 1 aromatic carbocycles. The van der Waals surface area contributed by atoms with Crippen molar-refractivity contribution in [2.24, 2.45) is 0 Å². The number of carbonyl (C=O) groups is 1. The van der Waals surface area contributed by atoms with Crippen molar-refractivity contribution in [3.63, 3.8) is 0 Å². The molecule has 196 valence electrons. The minimum absolute atomic E-state index is 0.114. The van der Waals surface area contributed by atoms with Gasteiger partial charge in [-0.25, -0.2) is 9.20 Å². The van der Waals surface area contributed by atoms with E-state index >= 15 is 0 Å². The largest absolute Gasteiger partial charge is 0.497 e. The predicted molar refractivity (Wildman–Crippen MR) is 137 cm³/mol. The number of ether oxygens (including phenoxy) is 3. The number of methoxy groups -OCH3 is 2. The Bertz CT molecular complexity index is 1290. The van der Waals surface area contributed by atoms with Crippen molar-refractivity contribution in [2.75, 3.05) is 24.9 Å². The molecule has 0 unspecified atom stereocenters. The zero-order valence-electron chi connectivity index (χ0n) is 21.7. The van der Waals surface area contributed by atoms with Crippen LogP contribution in [0.2, 0.25) is 0 Å². The van der Waals surface area contributed by atoms with Crippen LogP contribution >= 0.6 is 0 Å². The maximum Gasteiger partial charge on any atom is 0.407 e. The molecule has 0 saturated heterocycles. The third-order valence-electron chi connectivity index (χ3n) is 5.96. The molecule has 3 N–H and O–H groups in total. The second kappa shape index (κ2) is 10.8. The van der Waals surface area contributed by atoms with Crippen LogP contribution in [0.25, 0.3) is 5.65 Å². The van der Waals surface area contributed by atoms with Gasteiger partial charge in [0.25, 0.3) is 0 Å². The maximum absolute atomic E-state index is 12.5. The standard InChI is InChI=1S/C25H32N8O4/c1-25(2,3)37-24(34)30-20-9-7-6-8-19(20)29-23-31-21(18(13-26)22-32-27-14-33(22)23)28-15-10-16(35-4)12-17(11-15)36-5/h10-12,14,19-20,28H,6-9H2,1-5H3,(H,29,31)(H,30,34)/t19-,20+/m0/s1. The van der Waals surface area contributed by atoms with Crippen molar-refractivity contribution in [1.29, 1.82) is 5.26 Å². The maximum atomic E-state index is 12.5. The number of benzene rings is 1. The van der Waals surface area contributed by atoms with Crippen LogP contribution in [0.5, 0.6) is 11.5 Å². The Morgan fingerprint density at radius 1 is 1.11 bits per heavy atom. The molecule has 1 aliphatic rings. The van der Waals surface area contributed by atoms with Gasteiger partial charge in [0.1, 0.15) is 35.1 Å². The van der Waals surface area contributed by atoms with Gasteiger partial charge >= 0.3 is 6.09 Å². The number of nitrogens with one attached hydrogen (secondary N) is 3. The summed E-state index contributed by atoms with van der Waals surface area (Å²) in [6.45, 7) is 5.50. The molecule has 3 aromatic rings. The average molecular weight is 509 g/mol. The molecule has 0 bridgehead atoms. The molecule has 12 heteroatoms. The molecule has 1 amide bonds. The van der Waals surface area contributed by atoms with Crippen LogP contribution in [0.1, 0.15) is 52.0 Å². The number of carbonyl (C=O) groups excluding carboxylic acids is 1. The SMILES string of the molecule is COc1cc(Nc2nc(N[C@H]3CCCC[C@H]3NC(=O)OC(C)(C)C)n3cnnc3c2C#N)cc(OC)c1. The summed E-state index contributed by atoms with van der Waals surface area (Å²) in [7, 11) is 3.13. The fourth-order valence-corrected chi connectivity index (χ4v) is 4.29. The van der Waals surface area contributed by atoms with E-state index in [-0.39, 0.29) is 17.6 Å². The van der Waals surface area contributed by atoms with E-state index in [1.807, 2.05) is 20.8 Å². The van der Waals surface area contributed by atoms with Gasteiger partial charge in [0.2, 0.25) is 5.95 Å². The Morgan fingerprint density at radius 2 is 1.78 bits per heavy atom. The third-order valence-corrected chi connectivity index (χ3v) is 5.96. The van der Waals surface area contributed by atoms with E-state index in [0.29, 0.717) is 34.6 Å². The van der Waals surface area contributed by atoms with E-state index in [0.717, 1.165) is 25.7 Å². The van der Waals surface area contributed by atoms with Gasteiger partial charge in [-0.1, -0.05) is 12.8 Å². The summed E-state index contributed by atoms with van der Waals surface area (Å²) in [6.07, 6.45) is 4.66. The first-order chi connectivity index (χ1) is 17.7. The number of fused-ring (bicyclic) bond motifs is 1. The first-order valence-electron chi connectivity index (χ1n) is 12.1. The fourth-order valence-electron chi connectivity index (χ4n) is 4.29. The van der Waals surface area contributed by atoms with Crippen LogP contribution in [-0.4, -0.2) is 57.6 Å². The van der Waals surface area contributed by atoms with Crippen LogP contribution in [0.15, 0.2) is 24.5 Å². The number of alkyl carbamates (subject to hydrolysis) is 1. The van der Waals surface area contributed by atoms with Gasteiger partial charge in [-0.15, -0.1) is 10.2 Å². The Labute approximate surface area is 215 Å². The average Bonchev–Trinajstić information content (AvgIpc) is 3.34. The molecule has 2 atom stereocenters. The highest BCUT2D eigenvalue weighted by molar-refractivity contribution is 5.74. The van der Waals surface area contributed by atoms with Crippen molar-refractivity contribution in [3.8, 4) is 17.6 Å². The van der Waals surface area contributed by atoms with Gasteiger partial charge in [0.15, 0.2) is 11.5 Å². The summed E-state index contributed by atoms with van der Waals surface area (Å²) < 4.78 is 17.8. The third kappa shape index (κ3) is 6.11. The molecular formula is C25H32N8O4. The summed E-state index contributed by atoms with van der Waals surface area (Å²) in [6, 6.07) is 7.20. The van der Waals surface area contributed by atoms with Gasteiger partial charge in [0, 0.05) is 29.9 Å². The Morgan fingerprint density at radius 3 is 2.41 bits per heavy atom. The van der Waals surface area contributed by atoms with Crippen molar-refractivity contribution in [1.82, 2.24) is 24.9 Å². The monoisotopic (exact) mass is 508 g/mol. The van der Waals surface area contributed by atoms with Gasteiger partial charge in [-0.05, 0) is 33.6 Å². The van der Waals surface area contributed by atoms with Crippen molar-refractivity contribution >= 4 is 29.2 Å². The molecule has 2 heterocycles. The molecule has 0 spiro atoms. The molecule has 1 fully saturated rings. The van der Waals surface area contributed by atoms with Crippen LogP contribution in [-0.2, 0) is 4.74 Å². The Kier molecular flexibility index (Phi) is 7.52. The zero-order chi connectivity index (χ0) is 26.6. The van der Waals surface area contributed by atoms with Crippen molar-refractivity contribution in [3.05, 3.63) is 30.1 Å². The summed E-state index contributed by atoms with van der Waals surface area (Å²) in [5, 5.41) is 27.7. The topological polar surface area (TPSA) is 148 Å². The first kappa shape index (κ1) is 25.8. The van der Waals surface area contributed by atoms with Crippen LogP contribution < -0.4 is 25.4 Å². The minimum Gasteiger partial charge on any atom is -0.497 e. The zero-order valence-corrected chi connectivity index (χ0v) is 21.7. The summed E-state index contributed by atoms with van der Waals surface area (Å²) in [4.78, 5) is 17.2. The molecule has 0 radical (unpaired) electrons. The van der Waals surface area contributed by atoms with Crippen LogP contribution in [0.4, 0.5) is 22.2 Å². The molecular weight excluding hydrogens is 476 g/mol. The van der Waals surface area contributed by atoms with Crippen molar-refractivity contribution in [2.45, 2.75) is 64.1 Å². The summed E-state index contributed by atoms with van der Waals surface area (Å²) in [5.41, 5.74) is 0.618. The van der Waals surface area contributed by atoms with Gasteiger partial charge in [0.05, 0.1) is 20.3 Å². The lowest BCUT2D eigenvalue weighted by Gasteiger charge is -2.33. The van der Waals surface area contributed by atoms with Gasteiger partial charge in [-0.3, -0.25) is 0 Å². The lowest BCUT2D eigenvalue weighted by molar-refractivity contribution is 0.0488. The lowest BCUT2D eigenvalue weighted by Crippen LogP contribution is -2.50. The number of aromatic nitrogens is 4. The van der Waals surface area contributed by atoms with E-state index in [1.165, 1.54) is 6.33 Å². The normalized spacial score (nSPS) is 17.5. The second-order valence-corrected chi connectivity index (χ2v) is 9.81. The highest BCUT2D eigenvalue weighted by atomic mass is 16.6. The summed E-state index contributed by atoms with van der Waals surface area (Å²) in [5.74, 6) is 1.91. The molecule has 37 heavy (non-hydrogen) atoms. The Balaban J connectivity index is 1.66. The van der Waals surface area contributed by atoms with E-state index in [9.17, 15) is 10.1 Å². The number of amides is 1. The molecule has 0 aliphatic heterocycles. The number of hydrogen-bond donors (Lipinski definition) is 3. The molecule has 2 aromatic heterocycles. The fraction of sp³-hybridized carbons (Fsp3) is 0.480. The van der Waals surface area contributed by atoms with E-state index in [2.05, 4.69) is 32.2 Å².